The van der Waals surface area contributed by atoms with E-state index < -0.39 is 19.7 Å². The van der Waals surface area contributed by atoms with Gasteiger partial charge in [0.1, 0.15) is 5.58 Å². The van der Waals surface area contributed by atoms with Crippen molar-refractivity contribution in [2.24, 2.45) is 23.7 Å². The third-order valence-corrected chi connectivity index (χ3v) is 13.9. The van der Waals surface area contributed by atoms with Gasteiger partial charge in [0.15, 0.2) is 11.6 Å². The predicted octanol–water partition coefficient (Wildman–Crippen LogP) is 13.1. The van der Waals surface area contributed by atoms with Crippen LogP contribution in [0.3, 0.4) is 0 Å². The van der Waals surface area contributed by atoms with Gasteiger partial charge < -0.3 is 14.4 Å². The average Bonchev–Trinajstić information content (AvgIpc) is 3.58. The summed E-state index contributed by atoms with van der Waals surface area (Å²) in [5, 5.41) is 3.46. The number of rotatable bonds is 8. The van der Waals surface area contributed by atoms with Crippen LogP contribution in [0.2, 0.25) is 19.6 Å². The van der Waals surface area contributed by atoms with Gasteiger partial charge in [-0.15, -0.1) is 54.1 Å². The Hall–Kier alpha value is -4.29. The summed E-state index contributed by atoms with van der Waals surface area (Å²) in [6.07, 6.45) is 13.3. The average molecular weight is 953 g/mol. The van der Waals surface area contributed by atoms with Crippen molar-refractivity contribution >= 4 is 35.2 Å². The second-order valence-corrected chi connectivity index (χ2v) is 22.5. The Labute approximate surface area is 350 Å². The van der Waals surface area contributed by atoms with Crippen LogP contribution in [0.15, 0.2) is 108 Å². The summed E-state index contributed by atoms with van der Waals surface area (Å²) < 4.78 is 33.6. The Kier molecular flexibility index (Phi) is 12.4. The molecule has 7 aromatic rings. The van der Waals surface area contributed by atoms with E-state index in [1.807, 2.05) is 54.7 Å². The fourth-order valence-electron chi connectivity index (χ4n) is 9.07. The van der Waals surface area contributed by atoms with E-state index >= 15 is 0 Å². The Balaban J connectivity index is 0.000000202. The number of pyridine rings is 2. The van der Waals surface area contributed by atoms with Crippen molar-refractivity contribution in [3.05, 3.63) is 138 Å². The van der Waals surface area contributed by atoms with Crippen LogP contribution in [0, 0.1) is 47.4 Å². The maximum Gasteiger partial charge on any atom is 0.159 e. The second kappa shape index (κ2) is 17.3. The molecule has 3 saturated carbocycles. The number of halogens is 2. The first-order valence-electron chi connectivity index (χ1n) is 20.2. The van der Waals surface area contributed by atoms with Gasteiger partial charge in [0.2, 0.25) is 0 Å². The van der Waals surface area contributed by atoms with Gasteiger partial charge in [-0.1, -0.05) is 98.7 Å². The zero-order valence-electron chi connectivity index (χ0n) is 33.5. The van der Waals surface area contributed by atoms with Crippen LogP contribution in [0.5, 0.6) is 0 Å². The van der Waals surface area contributed by atoms with Crippen molar-refractivity contribution < 1.29 is 33.3 Å². The molecule has 3 heterocycles. The molecule has 2 bridgehead atoms. The van der Waals surface area contributed by atoms with Gasteiger partial charge in [-0.05, 0) is 108 Å². The summed E-state index contributed by atoms with van der Waals surface area (Å²) in [7, 11) is -1.34. The normalized spacial score (nSPS) is 17.7. The molecule has 3 nitrogen and oxygen atoms in total. The Bertz CT molecular complexity index is 2480. The standard InChI is InChI=1S/C32H26F2NO.C18H24NSi.Ir/c33-28-11-9-22(17-29(28)34)23-8-10-25-26-2-1-3-27(32(26)36-31(25)18-23)30-16-20(12-13-35-30)15-24-14-19-4-6-21(24)7-5-19;1-14(2)11-16-12-17(15-9-7-6-8-10-15)19-13-18(16)20(3,4)5;/h1-2,8-13,16-19,21,24H,4-7,14-15H2;6-9,12-14H,11H2,1-5H3;/q2*-1;. The van der Waals surface area contributed by atoms with Crippen LogP contribution >= 0.6 is 0 Å². The summed E-state index contributed by atoms with van der Waals surface area (Å²) in [5.74, 6) is 1.54. The van der Waals surface area contributed by atoms with Gasteiger partial charge in [0.05, 0.1) is 13.7 Å². The topological polar surface area (TPSA) is 38.9 Å². The van der Waals surface area contributed by atoms with E-state index in [9.17, 15) is 8.78 Å². The molecule has 3 fully saturated rings. The van der Waals surface area contributed by atoms with Gasteiger partial charge >= 0.3 is 0 Å². The van der Waals surface area contributed by atoms with E-state index in [1.165, 1.54) is 54.5 Å². The number of nitrogens with zero attached hydrogens (tertiary/aromatic N) is 2. The van der Waals surface area contributed by atoms with E-state index in [-0.39, 0.29) is 20.1 Å². The number of hydrogen-bond donors (Lipinski definition) is 0. The third-order valence-electron chi connectivity index (χ3n) is 11.9. The minimum Gasteiger partial charge on any atom is -0.501 e. The van der Waals surface area contributed by atoms with E-state index in [0.717, 1.165) is 81.1 Å². The molecule has 0 aliphatic heterocycles. The van der Waals surface area contributed by atoms with Gasteiger partial charge in [-0.3, -0.25) is 0 Å². The molecule has 3 aliphatic carbocycles. The number of hydrogen-bond acceptors (Lipinski definition) is 3. The molecule has 3 aliphatic rings. The fraction of sp³-hybridized carbons (Fsp3) is 0.320. The molecule has 1 unspecified atom stereocenters. The molecular formula is C50H50F2IrN2OSi-2. The Morgan fingerprint density at radius 3 is 2.28 bits per heavy atom. The molecule has 3 aromatic heterocycles. The minimum absolute atomic E-state index is 0. The van der Waals surface area contributed by atoms with Crippen LogP contribution in [-0.4, -0.2) is 18.0 Å². The summed E-state index contributed by atoms with van der Waals surface area (Å²) in [5.41, 5.74) is 9.48. The molecule has 0 N–H and O–H groups in total. The first-order valence-corrected chi connectivity index (χ1v) is 23.7. The molecule has 1 atom stereocenters. The van der Waals surface area contributed by atoms with E-state index in [0.29, 0.717) is 17.1 Å². The van der Waals surface area contributed by atoms with Crippen molar-refractivity contribution in [1.29, 1.82) is 0 Å². The monoisotopic (exact) mass is 953 g/mol. The molecule has 10 rings (SSSR count). The van der Waals surface area contributed by atoms with Crippen molar-refractivity contribution in [2.45, 2.75) is 78.4 Å². The van der Waals surface area contributed by atoms with Crippen molar-refractivity contribution in [2.75, 3.05) is 0 Å². The maximum atomic E-state index is 13.8. The van der Waals surface area contributed by atoms with Crippen molar-refractivity contribution in [3.8, 4) is 33.6 Å². The van der Waals surface area contributed by atoms with Crippen LogP contribution in [-0.2, 0) is 32.9 Å². The Morgan fingerprint density at radius 2 is 1.58 bits per heavy atom. The van der Waals surface area contributed by atoms with Gasteiger partial charge in [0, 0.05) is 37.9 Å². The SMILES string of the molecule is CC(C)Cc1cc(-c2[c-]cccc2)ncc1[Si](C)(C)C.Fc1ccc(-c2ccc3c(c2)oc2c(-c4cc(CC5CC6CCC5CC6)ccn4)[c-]ccc23)cc1F.[Ir]. The molecule has 0 saturated heterocycles. The van der Waals surface area contributed by atoms with E-state index in [4.69, 9.17) is 4.42 Å². The quantitative estimate of drug-likeness (QED) is 0.113. The molecule has 7 heteroatoms. The number of benzene rings is 4. The van der Waals surface area contributed by atoms with Crippen molar-refractivity contribution in [1.82, 2.24) is 9.97 Å². The second-order valence-electron chi connectivity index (χ2n) is 17.4. The fourth-order valence-corrected chi connectivity index (χ4v) is 10.7. The molecule has 0 amide bonds. The largest absolute Gasteiger partial charge is 0.501 e. The molecular weight excluding hydrogens is 903 g/mol. The van der Waals surface area contributed by atoms with Crippen LogP contribution in [0.25, 0.3) is 55.6 Å². The number of fused-ring (bicyclic) bond motifs is 6. The Morgan fingerprint density at radius 1 is 0.789 bits per heavy atom. The zero-order chi connectivity index (χ0) is 39.0. The van der Waals surface area contributed by atoms with Gasteiger partial charge in [0.25, 0.3) is 0 Å². The molecule has 0 spiro atoms. The maximum absolute atomic E-state index is 13.8. The summed E-state index contributed by atoms with van der Waals surface area (Å²) in [6, 6.07) is 35.0. The smallest absolute Gasteiger partial charge is 0.159 e. The van der Waals surface area contributed by atoms with E-state index in [1.54, 1.807) is 6.07 Å². The van der Waals surface area contributed by atoms with Crippen LogP contribution in [0.4, 0.5) is 8.78 Å². The van der Waals surface area contributed by atoms with Crippen molar-refractivity contribution in [3.63, 3.8) is 0 Å². The summed E-state index contributed by atoms with van der Waals surface area (Å²) >= 11 is 0. The number of aromatic nitrogens is 2. The summed E-state index contributed by atoms with van der Waals surface area (Å²) in [6.45, 7) is 11.7. The molecule has 4 aromatic carbocycles. The van der Waals surface area contributed by atoms with Crippen LogP contribution < -0.4 is 5.19 Å². The van der Waals surface area contributed by atoms with Gasteiger partial charge in [-0.25, -0.2) is 8.78 Å². The van der Waals surface area contributed by atoms with Crippen LogP contribution in [0.1, 0.15) is 57.1 Å². The zero-order valence-corrected chi connectivity index (χ0v) is 36.9. The minimum atomic E-state index is -1.34. The van der Waals surface area contributed by atoms with Gasteiger partial charge in [-0.2, -0.15) is 0 Å². The summed E-state index contributed by atoms with van der Waals surface area (Å²) in [4.78, 5) is 9.37. The number of furan rings is 1. The predicted molar refractivity (Wildman–Crippen MR) is 228 cm³/mol. The third kappa shape index (κ3) is 9.07. The first kappa shape index (κ1) is 40.9. The molecule has 57 heavy (non-hydrogen) atoms. The molecule has 1 radical (unpaired) electrons. The first-order chi connectivity index (χ1) is 27.0. The van der Waals surface area contributed by atoms with E-state index in [2.05, 4.69) is 86.1 Å². The molecule has 295 valence electrons.